The Balaban J connectivity index is 0.00000256. The third-order valence-corrected chi connectivity index (χ3v) is 6.85. The van der Waals surface area contributed by atoms with Gasteiger partial charge in [0.1, 0.15) is 5.41 Å². The molecule has 4 nitrogen and oxygen atoms in total. The Morgan fingerprint density at radius 1 is 1.00 bits per heavy atom. The Kier molecular flexibility index (Phi) is 9.80. The molecule has 0 amide bonds. The van der Waals surface area contributed by atoms with Crippen LogP contribution in [0.2, 0.25) is 0 Å². The summed E-state index contributed by atoms with van der Waals surface area (Å²) in [7, 11) is 11.3. The van der Waals surface area contributed by atoms with Crippen LogP contribution in [0.1, 0.15) is 36.2 Å². The maximum atomic E-state index is 13.4. The zero-order valence-corrected chi connectivity index (χ0v) is 24.8. The number of likely N-dealkylation sites (tertiary alicyclic amines) is 1. The smallest absolute Gasteiger partial charge is 0.339 e. The molecule has 3 unspecified atom stereocenters. The van der Waals surface area contributed by atoms with Crippen LogP contribution in [-0.2, 0) is 10.3 Å². The number of benzene rings is 2. The molecule has 0 spiro atoms. The lowest BCUT2D eigenvalue weighted by atomic mass is 9.62. The maximum Gasteiger partial charge on any atom is 0.339 e. The second kappa shape index (κ2) is 10.7. The standard InChI is InChI=1S/C26H38N2O2.2HI/c1-21-18-26(23-16-12-9-13-17-23,30-24(29)22-14-10-8-11-15-22)25(2,19-27(3,4)5)20-28(21,6)7;;/h8-17,21H,18-20H2,1-7H3;2*1H/q+2;;/p-2. The summed E-state index contributed by atoms with van der Waals surface area (Å²) < 4.78 is 8.34. The molecule has 1 fully saturated rings. The summed E-state index contributed by atoms with van der Waals surface area (Å²) in [5.74, 6) is -0.244. The van der Waals surface area contributed by atoms with Crippen molar-refractivity contribution in [3.8, 4) is 0 Å². The Hall–Kier alpha value is -0.710. The Morgan fingerprint density at radius 3 is 2.00 bits per heavy atom. The number of quaternary nitrogens is 2. The molecule has 1 aliphatic rings. The van der Waals surface area contributed by atoms with E-state index in [9.17, 15) is 4.79 Å². The van der Waals surface area contributed by atoms with Crippen LogP contribution in [0.3, 0.4) is 0 Å². The number of carbonyl (C=O) groups is 1. The molecule has 0 aliphatic carbocycles. The highest BCUT2D eigenvalue weighted by Crippen LogP contribution is 2.53. The highest BCUT2D eigenvalue weighted by Gasteiger charge is 2.63. The highest BCUT2D eigenvalue weighted by atomic mass is 127. The minimum absolute atomic E-state index is 0. The summed E-state index contributed by atoms with van der Waals surface area (Å²) in [5.41, 5.74) is 0.761. The summed E-state index contributed by atoms with van der Waals surface area (Å²) in [4.78, 5) is 13.4. The molecule has 2 aromatic rings. The normalized spacial score (nSPS) is 26.9. The molecule has 1 saturated heterocycles. The average Bonchev–Trinajstić information content (AvgIpc) is 2.65. The van der Waals surface area contributed by atoms with Crippen LogP contribution in [0.25, 0.3) is 0 Å². The third kappa shape index (κ3) is 6.04. The van der Waals surface area contributed by atoms with Crippen LogP contribution in [0, 0.1) is 5.41 Å². The van der Waals surface area contributed by atoms with Crippen LogP contribution in [0.4, 0.5) is 0 Å². The van der Waals surface area contributed by atoms with Gasteiger partial charge in [-0.05, 0) is 31.5 Å². The van der Waals surface area contributed by atoms with Gasteiger partial charge in [0, 0.05) is 6.42 Å². The molecule has 0 bridgehead atoms. The van der Waals surface area contributed by atoms with Crippen molar-refractivity contribution < 1.29 is 66.5 Å². The average molecular weight is 664 g/mol. The predicted molar refractivity (Wildman–Crippen MR) is 122 cm³/mol. The maximum absolute atomic E-state index is 13.4. The van der Waals surface area contributed by atoms with E-state index in [4.69, 9.17) is 4.74 Å². The zero-order valence-electron chi connectivity index (χ0n) is 20.4. The minimum atomic E-state index is -0.695. The van der Waals surface area contributed by atoms with E-state index in [-0.39, 0.29) is 59.3 Å². The van der Waals surface area contributed by atoms with E-state index in [1.165, 1.54) is 0 Å². The Morgan fingerprint density at radius 2 is 1.50 bits per heavy atom. The highest BCUT2D eigenvalue weighted by molar-refractivity contribution is 5.89. The van der Waals surface area contributed by atoms with Gasteiger partial charge in [0.05, 0.1) is 59.9 Å². The third-order valence-electron chi connectivity index (χ3n) is 6.85. The number of ether oxygens (including phenoxy) is 1. The number of esters is 1. The molecule has 0 saturated carbocycles. The van der Waals surface area contributed by atoms with Gasteiger partial charge >= 0.3 is 5.97 Å². The minimum Gasteiger partial charge on any atom is -1.00 e. The summed E-state index contributed by atoms with van der Waals surface area (Å²) >= 11 is 0. The molecule has 0 N–H and O–H groups in total. The lowest BCUT2D eigenvalue weighted by molar-refractivity contribution is -0.941. The Labute approximate surface area is 228 Å². The fourth-order valence-electron chi connectivity index (χ4n) is 5.51. The second-order valence-electron chi connectivity index (χ2n) is 10.9. The second-order valence-corrected chi connectivity index (χ2v) is 10.9. The van der Waals surface area contributed by atoms with Crippen molar-refractivity contribution in [2.75, 3.05) is 48.3 Å². The van der Waals surface area contributed by atoms with E-state index in [0.717, 1.165) is 34.0 Å². The monoisotopic (exact) mass is 664 g/mol. The molecule has 1 heterocycles. The molecule has 3 atom stereocenters. The van der Waals surface area contributed by atoms with Gasteiger partial charge in [-0.2, -0.15) is 0 Å². The van der Waals surface area contributed by atoms with E-state index in [1.807, 2.05) is 36.4 Å². The van der Waals surface area contributed by atoms with Crippen molar-refractivity contribution in [3.63, 3.8) is 0 Å². The first kappa shape index (κ1) is 29.3. The molecular weight excluding hydrogens is 626 g/mol. The zero-order chi connectivity index (χ0) is 22.2. The molecule has 32 heavy (non-hydrogen) atoms. The first-order valence-corrected chi connectivity index (χ1v) is 10.9. The lowest BCUT2D eigenvalue weighted by Crippen LogP contribution is -3.00. The lowest BCUT2D eigenvalue weighted by Gasteiger charge is -2.58. The van der Waals surface area contributed by atoms with Gasteiger partial charge in [0.15, 0.2) is 5.60 Å². The van der Waals surface area contributed by atoms with Gasteiger partial charge in [-0.1, -0.05) is 48.5 Å². The van der Waals surface area contributed by atoms with E-state index < -0.39 is 5.60 Å². The fourth-order valence-corrected chi connectivity index (χ4v) is 5.51. The van der Waals surface area contributed by atoms with Crippen LogP contribution in [0.15, 0.2) is 60.7 Å². The van der Waals surface area contributed by atoms with Crippen LogP contribution >= 0.6 is 0 Å². The van der Waals surface area contributed by atoms with E-state index >= 15 is 0 Å². The van der Waals surface area contributed by atoms with Crippen LogP contribution < -0.4 is 48.0 Å². The molecule has 0 aromatic heterocycles. The number of nitrogens with zero attached hydrogens (tertiary/aromatic N) is 2. The van der Waals surface area contributed by atoms with Crippen molar-refractivity contribution in [1.29, 1.82) is 0 Å². The van der Waals surface area contributed by atoms with Gasteiger partial charge in [-0.25, -0.2) is 4.79 Å². The van der Waals surface area contributed by atoms with Gasteiger partial charge in [-0.3, -0.25) is 0 Å². The van der Waals surface area contributed by atoms with Gasteiger partial charge in [-0.15, -0.1) is 0 Å². The SMILES string of the molecule is CC1CC(OC(=O)c2ccccc2)(c2ccccc2)C(C)(C[N+](C)(C)C)C[N+]1(C)C.[I-].[I-]. The van der Waals surface area contributed by atoms with Crippen molar-refractivity contribution in [3.05, 3.63) is 71.8 Å². The molecule has 1 aliphatic heterocycles. The molecule has 6 heteroatoms. The van der Waals surface area contributed by atoms with E-state index in [0.29, 0.717) is 11.6 Å². The summed E-state index contributed by atoms with van der Waals surface area (Å²) in [6.45, 7) is 6.42. The van der Waals surface area contributed by atoms with Crippen molar-refractivity contribution in [1.82, 2.24) is 0 Å². The number of halogens is 2. The first-order valence-electron chi connectivity index (χ1n) is 10.9. The fraction of sp³-hybridized carbons (Fsp3) is 0.500. The number of hydrogen-bond donors (Lipinski definition) is 0. The van der Waals surface area contributed by atoms with E-state index in [1.54, 1.807) is 0 Å². The molecule has 2 aromatic carbocycles. The largest absolute Gasteiger partial charge is 1.00 e. The summed E-state index contributed by atoms with van der Waals surface area (Å²) in [6.07, 6.45) is 0.791. The first-order chi connectivity index (χ1) is 13.9. The van der Waals surface area contributed by atoms with E-state index in [2.05, 4.69) is 73.4 Å². The van der Waals surface area contributed by atoms with Crippen molar-refractivity contribution in [2.24, 2.45) is 5.41 Å². The molecule has 178 valence electrons. The number of rotatable bonds is 5. The van der Waals surface area contributed by atoms with Gasteiger partial charge in [0.25, 0.3) is 0 Å². The summed E-state index contributed by atoms with van der Waals surface area (Å²) in [5, 5.41) is 0. The van der Waals surface area contributed by atoms with Crippen LogP contribution in [-0.4, -0.2) is 69.3 Å². The topological polar surface area (TPSA) is 26.3 Å². The van der Waals surface area contributed by atoms with Crippen LogP contribution in [0.5, 0.6) is 0 Å². The summed E-state index contributed by atoms with van der Waals surface area (Å²) in [6, 6.07) is 20.1. The quantitative estimate of drug-likeness (QED) is 0.218. The number of piperidine rings is 1. The Bertz CT molecular complexity index is 884. The molecular formula is C26H38I2N2O2. The van der Waals surface area contributed by atoms with Crippen molar-refractivity contribution >= 4 is 5.97 Å². The molecule has 3 rings (SSSR count). The predicted octanol–water partition coefficient (Wildman–Crippen LogP) is -1.67. The number of hydrogen-bond acceptors (Lipinski definition) is 2. The van der Waals surface area contributed by atoms with Gasteiger partial charge < -0.3 is 61.7 Å². The number of carbonyl (C=O) groups excluding carboxylic acids is 1. The van der Waals surface area contributed by atoms with Crippen molar-refractivity contribution in [2.45, 2.75) is 31.9 Å². The van der Waals surface area contributed by atoms with Gasteiger partial charge in [0.2, 0.25) is 0 Å². The molecule has 0 radical (unpaired) electrons.